The maximum absolute atomic E-state index is 10.1. The molecule has 0 radical (unpaired) electrons. The van der Waals surface area contributed by atoms with Crippen LogP contribution in [0, 0.1) is 0 Å². The fourth-order valence-electron chi connectivity index (χ4n) is 3.42. The van der Waals surface area contributed by atoms with Crippen LogP contribution in [0.4, 0.5) is 0 Å². The quantitative estimate of drug-likeness (QED) is 0.728. The predicted molar refractivity (Wildman–Crippen MR) is 107 cm³/mol. The minimum absolute atomic E-state index is 0.0278. The molecule has 2 aromatic rings. The Morgan fingerprint density at radius 1 is 0.963 bits per heavy atom. The van der Waals surface area contributed by atoms with E-state index in [2.05, 4.69) is 11.4 Å². The maximum atomic E-state index is 10.1. The summed E-state index contributed by atoms with van der Waals surface area (Å²) < 4.78 is 17.1. The van der Waals surface area contributed by atoms with Crippen molar-refractivity contribution in [2.45, 2.75) is 33.2 Å². The summed E-state index contributed by atoms with van der Waals surface area (Å²) in [7, 11) is 0. The number of phenolic OH excluding ortho intramolecular Hbond substituents is 1. The van der Waals surface area contributed by atoms with Gasteiger partial charge in [-0.1, -0.05) is 11.6 Å². The molecule has 1 aliphatic rings. The highest BCUT2D eigenvalue weighted by Crippen LogP contribution is 2.42. The summed E-state index contributed by atoms with van der Waals surface area (Å²) in [6, 6.07) is 7.67. The van der Waals surface area contributed by atoms with E-state index in [0.29, 0.717) is 25.6 Å². The van der Waals surface area contributed by atoms with E-state index in [9.17, 15) is 5.11 Å². The lowest BCUT2D eigenvalue weighted by atomic mass is 9.89. The maximum Gasteiger partial charge on any atom is 0.176 e. The van der Waals surface area contributed by atoms with E-state index in [1.54, 1.807) is 6.07 Å². The number of benzene rings is 2. The molecule has 0 bridgehead atoms. The molecule has 1 heterocycles. The topological polar surface area (TPSA) is 60.0 Å². The third kappa shape index (κ3) is 4.09. The van der Waals surface area contributed by atoms with Crippen LogP contribution in [0.15, 0.2) is 24.3 Å². The molecule has 0 aromatic heterocycles. The van der Waals surface area contributed by atoms with Crippen LogP contribution < -0.4 is 19.5 Å². The number of ether oxygens (including phenoxy) is 3. The summed E-state index contributed by atoms with van der Waals surface area (Å²) in [5.74, 6) is 1.88. The van der Waals surface area contributed by atoms with Crippen molar-refractivity contribution in [3.8, 4) is 23.0 Å². The highest BCUT2D eigenvalue weighted by Gasteiger charge is 2.26. The van der Waals surface area contributed by atoms with E-state index in [4.69, 9.17) is 25.8 Å². The Hall–Kier alpha value is -2.11. The first kappa shape index (κ1) is 19.6. The van der Waals surface area contributed by atoms with Gasteiger partial charge in [-0.15, -0.1) is 0 Å². The molecule has 2 N–H and O–H groups in total. The van der Waals surface area contributed by atoms with Gasteiger partial charge in [0.25, 0.3) is 0 Å². The highest BCUT2D eigenvalue weighted by atomic mass is 35.5. The van der Waals surface area contributed by atoms with Crippen molar-refractivity contribution in [2.75, 3.05) is 26.4 Å². The molecule has 0 saturated heterocycles. The zero-order chi connectivity index (χ0) is 19.4. The first-order valence-corrected chi connectivity index (χ1v) is 9.77. The van der Waals surface area contributed by atoms with Crippen LogP contribution >= 0.6 is 11.6 Å². The van der Waals surface area contributed by atoms with Crippen LogP contribution in [0.2, 0.25) is 5.02 Å². The number of hydrogen-bond donors (Lipinski definition) is 2. The number of nitrogens with one attached hydrogen (secondary N) is 1. The molecule has 0 saturated carbocycles. The van der Waals surface area contributed by atoms with E-state index < -0.39 is 0 Å². The molecule has 0 aliphatic carbocycles. The largest absolute Gasteiger partial charge is 0.503 e. The Morgan fingerprint density at radius 3 is 2.26 bits per heavy atom. The van der Waals surface area contributed by atoms with Gasteiger partial charge in [-0.25, -0.2) is 0 Å². The summed E-state index contributed by atoms with van der Waals surface area (Å²) in [5, 5.41) is 14.0. The Kier molecular flexibility index (Phi) is 6.34. The molecule has 3 rings (SSSR count). The summed E-state index contributed by atoms with van der Waals surface area (Å²) >= 11 is 6.25. The Balaban J connectivity index is 2.07. The summed E-state index contributed by atoms with van der Waals surface area (Å²) in [6.45, 7) is 8.24. The molecule has 146 valence electrons. The van der Waals surface area contributed by atoms with Gasteiger partial charge < -0.3 is 24.6 Å². The Morgan fingerprint density at radius 2 is 1.59 bits per heavy atom. The molecular formula is C21H26ClNO4. The smallest absolute Gasteiger partial charge is 0.176 e. The van der Waals surface area contributed by atoms with E-state index in [-0.39, 0.29) is 16.8 Å². The van der Waals surface area contributed by atoms with Gasteiger partial charge in [0.15, 0.2) is 23.0 Å². The molecule has 6 heteroatoms. The van der Waals surface area contributed by atoms with Crippen molar-refractivity contribution in [1.29, 1.82) is 0 Å². The second-order valence-electron chi connectivity index (χ2n) is 6.28. The van der Waals surface area contributed by atoms with Crippen molar-refractivity contribution in [1.82, 2.24) is 5.32 Å². The van der Waals surface area contributed by atoms with Gasteiger partial charge in [-0.2, -0.15) is 0 Å². The normalized spacial score (nSPS) is 15.9. The Labute approximate surface area is 165 Å². The lowest BCUT2D eigenvalue weighted by Gasteiger charge is -2.29. The lowest BCUT2D eigenvalue weighted by molar-refractivity contribution is 0.286. The van der Waals surface area contributed by atoms with Gasteiger partial charge in [-0.3, -0.25) is 0 Å². The van der Waals surface area contributed by atoms with Crippen molar-refractivity contribution in [3.63, 3.8) is 0 Å². The summed E-state index contributed by atoms with van der Waals surface area (Å²) in [4.78, 5) is 0. The van der Waals surface area contributed by atoms with E-state index in [1.807, 2.05) is 32.9 Å². The molecule has 1 atom stereocenters. The molecule has 0 unspecified atom stereocenters. The van der Waals surface area contributed by atoms with Crippen LogP contribution in [-0.2, 0) is 6.42 Å². The average Bonchev–Trinajstić information content (AvgIpc) is 2.66. The summed E-state index contributed by atoms with van der Waals surface area (Å²) in [5.41, 5.74) is 3.28. The molecule has 5 nitrogen and oxygen atoms in total. The first-order chi connectivity index (χ1) is 13.1. The minimum Gasteiger partial charge on any atom is -0.503 e. The van der Waals surface area contributed by atoms with Crippen LogP contribution in [0.1, 0.15) is 43.5 Å². The van der Waals surface area contributed by atoms with Crippen molar-refractivity contribution >= 4 is 11.6 Å². The molecule has 27 heavy (non-hydrogen) atoms. The molecule has 1 aliphatic heterocycles. The van der Waals surface area contributed by atoms with Crippen LogP contribution in [-0.4, -0.2) is 31.5 Å². The number of fused-ring (bicyclic) bond motifs is 1. The molecule has 2 aromatic carbocycles. The fraction of sp³-hybridized carbons (Fsp3) is 0.429. The predicted octanol–water partition coefficient (Wildman–Crippen LogP) is 4.48. The second-order valence-corrected chi connectivity index (χ2v) is 6.69. The van der Waals surface area contributed by atoms with Gasteiger partial charge in [0.1, 0.15) is 0 Å². The van der Waals surface area contributed by atoms with Gasteiger partial charge in [0.2, 0.25) is 0 Å². The van der Waals surface area contributed by atoms with E-state index in [0.717, 1.165) is 35.6 Å². The summed E-state index contributed by atoms with van der Waals surface area (Å²) in [6.07, 6.45) is 0.905. The third-order valence-electron chi connectivity index (χ3n) is 4.54. The molecule has 0 amide bonds. The lowest BCUT2D eigenvalue weighted by Crippen LogP contribution is -2.30. The van der Waals surface area contributed by atoms with Gasteiger partial charge in [0.05, 0.1) is 30.9 Å². The second kappa shape index (κ2) is 8.72. The Bertz CT molecular complexity index is 809. The number of phenols is 1. The minimum atomic E-state index is -0.0686. The number of halogens is 1. The van der Waals surface area contributed by atoms with Crippen molar-refractivity contribution < 1.29 is 19.3 Å². The van der Waals surface area contributed by atoms with E-state index in [1.165, 1.54) is 5.56 Å². The molecule has 0 spiro atoms. The van der Waals surface area contributed by atoms with Gasteiger partial charge in [-0.05, 0) is 68.1 Å². The SMILES string of the molecule is CCOc1cc2c(cc1OCC)[C@@H](c1cc(Cl)c(O)c(OCC)c1)NCC2. The zero-order valence-electron chi connectivity index (χ0n) is 16.0. The number of hydrogen-bond acceptors (Lipinski definition) is 5. The number of rotatable bonds is 7. The van der Waals surface area contributed by atoms with Crippen LogP contribution in [0.3, 0.4) is 0 Å². The zero-order valence-corrected chi connectivity index (χ0v) is 16.7. The van der Waals surface area contributed by atoms with Gasteiger partial charge >= 0.3 is 0 Å². The van der Waals surface area contributed by atoms with Gasteiger partial charge in [0, 0.05) is 6.54 Å². The highest BCUT2D eigenvalue weighted by molar-refractivity contribution is 6.32. The molecule has 0 fully saturated rings. The fourth-order valence-corrected chi connectivity index (χ4v) is 3.64. The number of aromatic hydroxyl groups is 1. The van der Waals surface area contributed by atoms with E-state index >= 15 is 0 Å². The third-order valence-corrected chi connectivity index (χ3v) is 4.83. The monoisotopic (exact) mass is 391 g/mol. The average molecular weight is 392 g/mol. The standard InChI is InChI=1S/C21H26ClNO4/c1-4-25-17-10-13-7-8-23-20(15(13)12-18(17)26-5-2)14-9-16(22)21(24)19(11-14)27-6-3/h9-12,20,23-24H,4-8H2,1-3H3/t20-/m1/s1. The first-order valence-electron chi connectivity index (χ1n) is 9.39. The van der Waals surface area contributed by atoms with Crippen molar-refractivity contribution in [3.05, 3.63) is 46.0 Å². The van der Waals surface area contributed by atoms with Crippen LogP contribution in [0.25, 0.3) is 0 Å². The van der Waals surface area contributed by atoms with Crippen LogP contribution in [0.5, 0.6) is 23.0 Å². The van der Waals surface area contributed by atoms with Crippen molar-refractivity contribution in [2.24, 2.45) is 0 Å². The molecular weight excluding hydrogens is 366 g/mol.